The van der Waals surface area contributed by atoms with Crippen LogP contribution in [0, 0.1) is 0 Å². The van der Waals surface area contributed by atoms with Gasteiger partial charge in [-0.25, -0.2) is 0 Å². The summed E-state index contributed by atoms with van der Waals surface area (Å²) >= 11 is 0. The fraction of sp³-hybridized carbons (Fsp3) is 0.611. The van der Waals surface area contributed by atoms with Crippen LogP contribution in [0.15, 0.2) is 30.3 Å². The lowest BCUT2D eigenvalue weighted by Gasteiger charge is -2.32. The summed E-state index contributed by atoms with van der Waals surface area (Å²) in [6, 6.07) is 10.1. The van der Waals surface area contributed by atoms with E-state index in [9.17, 15) is 4.79 Å². The van der Waals surface area contributed by atoms with E-state index in [1.54, 1.807) is 0 Å². The summed E-state index contributed by atoms with van der Waals surface area (Å²) in [7, 11) is 2.17. The molecule has 0 spiro atoms. The maximum atomic E-state index is 12.3. The molecule has 1 aromatic rings. The van der Waals surface area contributed by atoms with Gasteiger partial charge in [-0.1, -0.05) is 37.3 Å². The lowest BCUT2D eigenvalue weighted by atomic mass is 9.96. The van der Waals surface area contributed by atoms with Crippen molar-refractivity contribution >= 4 is 5.91 Å². The summed E-state index contributed by atoms with van der Waals surface area (Å²) < 4.78 is 0. The zero-order chi connectivity index (χ0) is 15.8. The van der Waals surface area contributed by atoms with Crippen molar-refractivity contribution in [3.63, 3.8) is 0 Å². The molecule has 1 atom stereocenters. The molecule has 22 heavy (non-hydrogen) atoms. The van der Waals surface area contributed by atoms with E-state index < -0.39 is 0 Å². The highest BCUT2D eigenvalue weighted by molar-refractivity contribution is 5.83. The largest absolute Gasteiger partial charge is 0.356 e. The molecule has 1 aliphatic rings. The van der Waals surface area contributed by atoms with E-state index >= 15 is 0 Å². The summed E-state index contributed by atoms with van der Waals surface area (Å²) in [5.74, 6) is 0.136. The van der Waals surface area contributed by atoms with E-state index in [0.29, 0.717) is 0 Å². The van der Waals surface area contributed by atoms with Gasteiger partial charge in [-0.3, -0.25) is 4.79 Å². The fourth-order valence-corrected chi connectivity index (χ4v) is 2.97. The number of nitrogens with one attached hydrogen (secondary N) is 1. The average Bonchev–Trinajstić information content (AvgIpc) is 2.55. The third kappa shape index (κ3) is 5.11. The molecule has 1 fully saturated rings. The van der Waals surface area contributed by atoms with Crippen molar-refractivity contribution < 1.29 is 4.79 Å². The lowest BCUT2D eigenvalue weighted by molar-refractivity contribution is -0.122. The first-order chi connectivity index (χ1) is 10.7. The number of amides is 1. The molecule has 0 saturated carbocycles. The van der Waals surface area contributed by atoms with Crippen LogP contribution in [0.2, 0.25) is 0 Å². The highest BCUT2D eigenvalue weighted by Crippen LogP contribution is 2.19. The molecule has 0 aliphatic carbocycles. The summed E-state index contributed by atoms with van der Waals surface area (Å²) in [5.41, 5.74) is 1.11. The molecule has 1 aliphatic heterocycles. The summed E-state index contributed by atoms with van der Waals surface area (Å²) in [4.78, 5) is 17.2. The number of piperazine rings is 1. The van der Waals surface area contributed by atoms with Crippen molar-refractivity contribution in [1.82, 2.24) is 15.1 Å². The van der Waals surface area contributed by atoms with Crippen molar-refractivity contribution in [2.24, 2.45) is 0 Å². The minimum absolute atomic E-state index is 0.0233. The molecule has 2 rings (SSSR count). The van der Waals surface area contributed by atoms with E-state index in [4.69, 9.17) is 0 Å². The minimum atomic E-state index is -0.0233. The molecule has 0 aromatic heterocycles. The molecule has 1 heterocycles. The summed E-state index contributed by atoms with van der Waals surface area (Å²) in [6.45, 7) is 8.51. The van der Waals surface area contributed by atoms with Crippen molar-refractivity contribution in [3.05, 3.63) is 35.9 Å². The maximum Gasteiger partial charge on any atom is 0.227 e. The predicted octanol–water partition coefficient (Wildman–Crippen LogP) is 1.93. The van der Waals surface area contributed by atoms with E-state index in [1.807, 2.05) is 30.3 Å². The molecule has 1 saturated heterocycles. The van der Waals surface area contributed by atoms with Gasteiger partial charge in [-0.15, -0.1) is 0 Å². The van der Waals surface area contributed by atoms with Gasteiger partial charge in [-0.05, 0) is 32.0 Å². The molecule has 0 radical (unpaired) electrons. The topological polar surface area (TPSA) is 35.6 Å². The van der Waals surface area contributed by atoms with E-state index in [0.717, 1.165) is 57.7 Å². The Balaban J connectivity index is 1.68. The van der Waals surface area contributed by atoms with Crippen molar-refractivity contribution in [3.8, 4) is 0 Å². The Morgan fingerprint density at radius 3 is 2.50 bits per heavy atom. The second-order valence-electron chi connectivity index (χ2n) is 6.16. The highest BCUT2D eigenvalue weighted by atomic mass is 16.1. The zero-order valence-corrected chi connectivity index (χ0v) is 13.9. The number of carbonyl (C=O) groups excluding carboxylic acids is 1. The Morgan fingerprint density at radius 2 is 1.86 bits per heavy atom. The number of likely N-dealkylation sites (N-methyl/N-ethyl adjacent to an activating group) is 1. The monoisotopic (exact) mass is 303 g/mol. The smallest absolute Gasteiger partial charge is 0.227 e. The van der Waals surface area contributed by atoms with Crippen LogP contribution in [0.5, 0.6) is 0 Å². The Morgan fingerprint density at radius 1 is 1.18 bits per heavy atom. The quantitative estimate of drug-likeness (QED) is 0.782. The molecule has 4 nitrogen and oxygen atoms in total. The third-order valence-electron chi connectivity index (χ3n) is 4.47. The van der Waals surface area contributed by atoms with Gasteiger partial charge in [-0.2, -0.15) is 0 Å². The van der Waals surface area contributed by atoms with Gasteiger partial charge in [0.15, 0.2) is 0 Å². The molecule has 4 heteroatoms. The van der Waals surface area contributed by atoms with Crippen LogP contribution in [0.4, 0.5) is 0 Å². The Labute approximate surface area is 134 Å². The first kappa shape index (κ1) is 17.0. The van der Waals surface area contributed by atoms with Gasteiger partial charge >= 0.3 is 0 Å². The predicted molar refractivity (Wildman–Crippen MR) is 91.0 cm³/mol. The zero-order valence-electron chi connectivity index (χ0n) is 13.9. The molecular formula is C18H29N3O. The van der Waals surface area contributed by atoms with Gasteiger partial charge in [0, 0.05) is 32.7 Å². The van der Waals surface area contributed by atoms with E-state index in [1.165, 1.54) is 0 Å². The molecule has 1 aromatic carbocycles. The number of carbonyl (C=O) groups is 1. The lowest BCUT2D eigenvalue weighted by Crippen LogP contribution is -2.45. The normalized spacial score (nSPS) is 18.1. The van der Waals surface area contributed by atoms with E-state index in [-0.39, 0.29) is 11.8 Å². The number of rotatable bonds is 7. The molecule has 1 amide bonds. The first-order valence-electron chi connectivity index (χ1n) is 8.44. The Kier molecular flexibility index (Phi) is 6.87. The Bertz CT molecular complexity index is 441. The molecule has 122 valence electrons. The van der Waals surface area contributed by atoms with Crippen LogP contribution < -0.4 is 5.32 Å². The van der Waals surface area contributed by atoms with Gasteiger partial charge in [0.25, 0.3) is 0 Å². The van der Waals surface area contributed by atoms with Gasteiger partial charge in [0.1, 0.15) is 0 Å². The number of hydrogen-bond donors (Lipinski definition) is 1. The average molecular weight is 303 g/mol. The third-order valence-corrected chi connectivity index (χ3v) is 4.47. The molecular weight excluding hydrogens is 274 g/mol. The molecule has 0 bridgehead atoms. The summed E-state index contributed by atoms with van der Waals surface area (Å²) in [6.07, 6.45) is 1.87. The highest BCUT2D eigenvalue weighted by Gasteiger charge is 2.18. The van der Waals surface area contributed by atoms with Gasteiger partial charge < -0.3 is 15.1 Å². The van der Waals surface area contributed by atoms with Crippen LogP contribution in [-0.2, 0) is 4.79 Å². The van der Waals surface area contributed by atoms with E-state index in [2.05, 4.69) is 29.1 Å². The second kappa shape index (κ2) is 8.91. The number of benzene rings is 1. The maximum absolute atomic E-state index is 12.3. The first-order valence-corrected chi connectivity index (χ1v) is 8.44. The van der Waals surface area contributed by atoms with Gasteiger partial charge in [0.05, 0.1) is 5.92 Å². The van der Waals surface area contributed by atoms with Crippen LogP contribution in [0.25, 0.3) is 0 Å². The van der Waals surface area contributed by atoms with Crippen molar-refractivity contribution in [2.75, 3.05) is 46.3 Å². The number of hydrogen-bond acceptors (Lipinski definition) is 3. The van der Waals surface area contributed by atoms with Crippen molar-refractivity contribution in [1.29, 1.82) is 0 Å². The second-order valence-corrected chi connectivity index (χ2v) is 6.16. The van der Waals surface area contributed by atoms with Gasteiger partial charge in [0.2, 0.25) is 5.91 Å². The van der Waals surface area contributed by atoms with Crippen molar-refractivity contribution in [2.45, 2.75) is 25.7 Å². The van der Waals surface area contributed by atoms with Crippen LogP contribution >= 0.6 is 0 Å². The SMILES string of the molecule is CC[C@@H](C(=O)NCCCN1CCN(C)CC1)c1ccccc1. The number of nitrogens with zero attached hydrogens (tertiary/aromatic N) is 2. The molecule has 1 N–H and O–H groups in total. The summed E-state index contributed by atoms with van der Waals surface area (Å²) in [5, 5.41) is 3.10. The fourth-order valence-electron chi connectivity index (χ4n) is 2.97. The standard InChI is InChI=1S/C18H29N3O/c1-3-17(16-8-5-4-6-9-16)18(22)19-10-7-11-21-14-12-20(2)13-15-21/h4-6,8-9,17H,3,7,10-15H2,1-2H3,(H,19,22)/t17-/m1/s1. The Hall–Kier alpha value is -1.39. The molecule has 0 unspecified atom stereocenters. The van der Waals surface area contributed by atoms with Crippen LogP contribution in [0.1, 0.15) is 31.2 Å². The van der Waals surface area contributed by atoms with Crippen LogP contribution in [-0.4, -0.2) is 62.0 Å². The minimum Gasteiger partial charge on any atom is -0.356 e. The van der Waals surface area contributed by atoms with Crippen LogP contribution in [0.3, 0.4) is 0 Å².